The van der Waals surface area contributed by atoms with E-state index in [1.165, 1.54) is 11.1 Å². The molecular formula is C19H23NO3. The average molecular weight is 313 g/mol. The molecule has 122 valence electrons. The number of aliphatic hydroxyl groups is 2. The Balaban J connectivity index is 1.80. The number of ether oxygens (including phenoxy) is 1. The number of benzene rings is 2. The fourth-order valence-electron chi connectivity index (χ4n) is 3.01. The molecule has 0 amide bonds. The molecule has 2 aromatic rings. The third-order valence-corrected chi connectivity index (χ3v) is 4.29. The van der Waals surface area contributed by atoms with Crippen LogP contribution in [0.2, 0.25) is 0 Å². The molecule has 0 aromatic heterocycles. The van der Waals surface area contributed by atoms with Gasteiger partial charge in [0, 0.05) is 13.1 Å². The second-order valence-corrected chi connectivity index (χ2v) is 6.04. The molecule has 1 saturated heterocycles. The Morgan fingerprint density at radius 2 is 1.35 bits per heavy atom. The van der Waals surface area contributed by atoms with Crippen LogP contribution in [0.4, 0.5) is 0 Å². The Labute approximate surface area is 136 Å². The van der Waals surface area contributed by atoms with Gasteiger partial charge in [-0.1, -0.05) is 60.7 Å². The van der Waals surface area contributed by atoms with E-state index < -0.39 is 12.2 Å². The summed E-state index contributed by atoms with van der Waals surface area (Å²) in [6.45, 7) is 2.03. The van der Waals surface area contributed by atoms with Gasteiger partial charge in [-0.2, -0.15) is 0 Å². The maximum atomic E-state index is 10.4. The highest BCUT2D eigenvalue weighted by Gasteiger charge is 2.35. The lowest BCUT2D eigenvalue weighted by Crippen LogP contribution is -2.55. The van der Waals surface area contributed by atoms with Gasteiger partial charge in [-0.05, 0) is 11.1 Å². The quantitative estimate of drug-likeness (QED) is 0.884. The third kappa shape index (κ3) is 4.18. The van der Waals surface area contributed by atoms with E-state index in [2.05, 4.69) is 29.2 Å². The predicted octanol–water partition coefficient (Wildman–Crippen LogP) is 1.81. The second-order valence-electron chi connectivity index (χ2n) is 6.04. The lowest BCUT2D eigenvalue weighted by Gasteiger charge is -2.39. The van der Waals surface area contributed by atoms with Gasteiger partial charge in [0.2, 0.25) is 0 Å². The first-order valence-electron chi connectivity index (χ1n) is 8.00. The van der Waals surface area contributed by atoms with Gasteiger partial charge >= 0.3 is 0 Å². The standard InChI is InChI=1S/C19H23NO3/c21-18-14-23-13-17(19(18)22)20(11-15-7-3-1-4-8-15)12-16-9-5-2-6-10-16/h1-10,17-19,21-22H,11-14H2. The normalized spacial score (nSPS) is 24.7. The zero-order valence-electron chi connectivity index (χ0n) is 13.1. The van der Waals surface area contributed by atoms with Crippen LogP contribution in [0.25, 0.3) is 0 Å². The van der Waals surface area contributed by atoms with Gasteiger partial charge < -0.3 is 14.9 Å². The van der Waals surface area contributed by atoms with Gasteiger partial charge in [0.15, 0.2) is 0 Å². The summed E-state index contributed by atoms with van der Waals surface area (Å²) >= 11 is 0. The lowest BCUT2D eigenvalue weighted by molar-refractivity contribution is -0.135. The summed E-state index contributed by atoms with van der Waals surface area (Å²) < 4.78 is 5.47. The van der Waals surface area contributed by atoms with Crippen molar-refractivity contribution in [3.8, 4) is 0 Å². The average Bonchev–Trinajstić information content (AvgIpc) is 2.59. The molecule has 2 aromatic carbocycles. The first-order valence-corrected chi connectivity index (χ1v) is 8.00. The summed E-state index contributed by atoms with van der Waals surface area (Å²) in [4.78, 5) is 2.18. The lowest BCUT2D eigenvalue weighted by atomic mass is 10.0. The minimum absolute atomic E-state index is 0.197. The van der Waals surface area contributed by atoms with Crippen LogP contribution in [0.15, 0.2) is 60.7 Å². The molecule has 3 rings (SSSR count). The highest BCUT2D eigenvalue weighted by atomic mass is 16.5. The van der Waals surface area contributed by atoms with Crippen molar-refractivity contribution in [3.63, 3.8) is 0 Å². The van der Waals surface area contributed by atoms with Crippen LogP contribution >= 0.6 is 0 Å². The van der Waals surface area contributed by atoms with Gasteiger partial charge in [-0.25, -0.2) is 0 Å². The molecule has 1 heterocycles. The largest absolute Gasteiger partial charge is 0.389 e. The first-order chi connectivity index (χ1) is 11.2. The Hall–Kier alpha value is -1.72. The Bertz CT molecular complexity index is 549. The number of hydrogen-bond acceptors (Lipinski definition) is 4. The van der Waals surface area contributed by atoms with Crippen molar-refractivity contribution in [3.05, 3.63) is 71.8 Å². The molecule has 1 fully saturated rings. The maximum Gasteiger partial charge on any atom is 0.105 e. The fraction of sp³-hybridized carbons (Fsp3) is 0.368. The van der Waals surface area contributed by atoms with E-state index in [-0.39, 0.29) is 12.6 Å². The molecule has 3 atom stereocenters. The predicted molar refractivity (Wildman–Crippen MR) is 88.8 cm³/mol. The molecule has 4 heteroatoms. The number of aliphatic hydroxyl groups excluding tert-OH is 2. The minimum atomic E-state index is -0.831. The van der Waals surface area contributed by atoms with Crippen LogP contribution in [0.5, 0.6) is 0 Å². The topological polar surface area (TPSA) is 52.9 Å². The van der Waals surface area contributed by atoms with Gasteiger partial charge in [0.05, 0.1) is 25.4 Å². The van der Waals surface area contributed by atoms with Gasteiger partial charge in [-0.15, -0.1) is 0 Å². The third-order valence-electron chi connectivity index (χ3n) is 4.29. The van der Waals surface area contributed by atoms with E-state index in [0.717, 1.165) is 0 Å². The number of nitrogens with zero attached hydrogens (tertiary/aromatic N) is 1. The van der Waals surface area contributed by atoms with Crippen LogP contribution in [-0.2, 0) is 17.8 Å². The smallest absolute Gasteiger partial charge is 0.105 e. The molecule has 2 N–H and O–H groups in total. The number of hydrogen-bond donors (Lipinski definition) is 2. The van der Waals surface area contributed by atoms with E-state index in [9.17, 15) is 10.2 Å². The van der Waals surface area contributed by atoms with Crippen LogP contribution in [0.1, 0.15) is 11.1 Å². The summed E-state index contributed by atoms with van der Waals surface area (Å²) in [6.07, 6.45) is -1.63. The van der Waals surface area contributed by atoms with Crippen LogP contribution in [0, 0.1) is 0 Å². The van der Waals surface area contributed by atoms with Crippen molar-refractivity contribution in [2.24, 2.45) is 0 Å². The summed E-state index contributed by atoms with van der Waals surface area (Å²) in [5.74, 6) is 0. The molecular weight excluding hydrogens is 290 g/mol. The minimum Gasteiger partial charge on any atom is -0.389 e. The van der Waals surface area contributed by atoms with Crippen LogP contribution < -0.4 is 0 Å². The van der Waals surface area contributed by atoms with E-state index in [1.807, 2.05) is 36.4 Å². The molecule has 0 radical (unpaired) electrons. The molecule has 0 spiro atoms. The Morgan fingerprint density at radius 3 is 1.87 bits per heavy atom. The van der Waals surface area contributed by atoms with Crippen molar-refractivity contribution >= 4 is 0 Å². The van der Waals surface area contributed by atoms with Gasteiger partial charge in [0.25, 0.3) is 0 Å². The van der Waals surface area contributed by atoms with Gasteiger partial charge in [-0.3, -0.25) is 4.90 Å². The molecule has 0 aliphatic carbocycles. The highest BCUT2D eigenvalue weighted by Crippen LogP contribution is 2.20. The molecule has 1 aliphatic heterocycles. The maximum absolute atomic E-state index is 10.4. The van der Waals surface area contributed by atoms with E-state index in [1.54, 1.807) is 0 Å². The van der Waals surface area contributed by atoms with E-state index in [0.29, 0.717) is 19.7 Å². The van der Waals surface area contributed by atoms with Crippen molar-refractivity contribution in [2.75, 3.05) is 13.2 Å². The van der Waals surface area contributed by atoms with Crippen molar-refractivity contribution < 1.29 is 14.9 Å². The Morgan fingerprint density at radius 1 is 0.826 bits per heavy atom. The van der Waals surface area contributed by atoms with Gasteiger partial charge in [0.1, 0.15) is 6.10 Å². The molecule has 0 bridgehead atoms. The summed E-state index contributed by atoms with van der Waals surface area (Å²) in [7, 11) is 0. The summed E-state index contributed by atoms with van der Waals surface area (Å²) in [5.41, 5.74) is 2.35. The zero-order valence-corrected chi connectivity index (χ0v) is 13.1. The zero-order chi connectivity index (χ0) is 16.1. The number of rotatable bonds is 5. The fourth-order valence-corrected chi connectivity index (χ4v) is 3.01. The van der Waals surface area contributed by atoms with Crippen molar-refractivity contribution in [1.29, 1.82) is 0 Å². The highest BCUT2D eigenvalue weighted by molar-refractivity contribution is 5.17. The van der Waals surface area contributed by atoms with Crippen molar-refractivity contribution in [2.45, 2.75) is 31.3 Å². The van der Waals surface area contributed by atoms with Crippen LogP contribution in [-0.4, -0.2) is 46.6 Å². The first kappa shape index (κ1) is 16.1. The summed E-state index contributed by atoms with van der Waals surface area (Å²) in [6, 6.07) is 20.1. The van der Waals surface area contributed by atoms with Crippen LogP contribution in [0.3, 0.4) is 0 Å². The Kier molecular flexibility index (Phi) is 5.41. The molecule has 4 nitrogen and oxygen atoms in total. The molecule has 23 heavy (non-hydrogen) atoms. The van der Waals surface area contributed by atoms with E-state index in [4.69, 9.17) is 4.74 Å². The summed E-state index contributed by atoms with van der Waals surface area (Å²) in [5, 5.41) is 20.3. The van der Waals surface area contributed by atoms with Crippen molar-refractivity contribution in [1.82, 2.24) is 4.90 Å². The molecule has 3 unspecified atom stereocenters. The van der Waals surface area contributed by atoms with E-state index >= 15 is 0 Å². The SMILES string of the molecule is OC1COCC(N(Cc2ccccc2)Cc2ccccc2)C1O. The molecule has 1 aliphatic rings. The second kappa shape index (κ2) is 7.70. The molecule has 0 saturated carbocycles. The monoisotopic (exact) mass is 313 g/mol.